The fourth-order valence-electron chi connectivity index (χ4n) is 3.30. The lowest BCUT2D eigenvalue weighted by Crippen LogP contribution is -2.46. The van der Waals surface area contributed by atoms with Gasteiger partial charge in [0, 0.05) is 6.42 Å². The average Bonchev–Trinajstić information content (AvgIpc) is 2.90. The number of hydrogen-bond donors (Lipinski definition) is 2. The Balaban J connectivity index is 1.75. The number of carbonyl (C=O) groups is 3. The first-order chi connectivity index (χ1) is 10.6. The van der Waals surface area contributed by atoms with Crippen LogP contribution in [0.2, 0.25) is 0 Å². The maximum absolute atomic E-state index is 12.4. The molecule has 1 aromatic rings. The summed E-state index contributed by atoms with van der Waals surface area (Å²) < 4.78 is 0. The van der Waals surface area contributed by atoms with Gasteiger partial charge in [-0.1, -0.05) is 24.3 Å². The minimum atomic E-state index is -1.23. The third kappa shape index (κ3) is 2.68. The average molecular weight is 302 g/mol. The third-order valence-electron chi connectivity index (χ3n) is 4.38. The zero-order chi connectivity index (χ0) is 15.7. The molecule has 2 N–H and O–H groups in total. The van der Waals surface area contributed by atoms with E-state index in [4.69, 9.17) is 5.11 Å². The highest BCUT2D eigenvalue weighted by Gasteiger charge is 2.39. The number of benzene rings is 1. The molecule has 116 valence electrons. The maximum Gasteiger partial charge on any atom is 0.408 e. The van der Waals surface area contributed by atoms with E-state index in [0.717, 1.165) is 29.7 Å². The van der Waals surface area contributed by atoms with Crippen molar-refractivity contribution in [3.05, 3.63) is 35.4 Å². The first-order valence-electron chi connectivity index (χ1n) is 7.45. The molecule has 1 saturated heterocycles. The van der Waals surface area contributed by atoms with Crippen LogP contribution in [0.25, 0.3) is 0 Å². The van der Waals surface area contributed by atoms with Crippen LogP contribution >= 0.6 is 0 Å². The molecule has 0 radical (unpaired) electrons. The predicted octanol–water partition coefficient (Wildman–Crippen LogP) is 1.50. The normalized spacial score (nSPS) is 24.0. The molecule has 1 heterocycles. The van der Waals surface area contributed by atoms with Crippen LogP contribution in [0.5, 0.6) is 0 Å². The van der Waals surface area contributed by atoms with Gasteiger partial charge in [-0.2, -0.15) is 0 Å². The molecule has 1 unspecified atom stereocenters. The van der Waals surface area contributed by atoms with Gasteiger partial charge in [0.1, 0.15) is 6.04 Å². The molecule has 6 nitrogen and oxygen atoms in total. The first-order valence-corrected chi connectivity index (χ1v) is 7.45. The number of rotatable bonds is 2. The van der Waals surface area contributed by atoms with E-state index in [-0.39, 0.29) is 30.7 Å². The highest BCUT2D eigenvalue weighted by Crippen LogP contribution is 2.30. The third-order valence-corrected chi connectivity index (χ3v) is 4.38. The molecule has 22 heavy (non-hydrogen) atoms. The molecular formula is C16H18N2O4. The molecule has 0 saturated carbocycles. The Kier molecular flexibility index (Phi) is 3.83. The van der Waals surface area contributed by atoms with Crippen LogP contribution in [0.15, 0.2) is 24.3 Å². The van der Waals surface area contributed by atoms with Crippen molar-refractivity contribution in [2.75, 3.05) is 6.54 Å². The zero-order valence-corrected chi connectivity index (χ0v) is 12.1. The van der Waals surface area contributed by atoms with E-state index in [2.05, 4.69) is 11.4 Å². The van der Waals surface area contributed by atoms with Crippen molar-refractivity contribution in [2.45, 2.75) is 37.8 Å². The minimum absolute atomic E-state index is 0.0352. The number of nitrogens with one attached hydrogen (secondary N) is 1. The predicted molar refractivity (Wildman–Crippen MR) is 78.4 cm³/mol. The molecule has 0 bridgehead atoms. The van der Waals surface area contributed by atoms with E-state index in [1.807, 2.05) is 18.2 Å². The van der Waals surface area contributed by atoms with Gasteiger partial charge >= 0.3 is 6.09 Å². The summed E-state index contributed by atoms with van der Waals surface area (Å²) >= 11 is 0. The molecule has 6 heteroatoms. The summed E-state index contributed by atoms with van der Waals surface area (Å²) in [5, 5.41) is 12.0. The number of ketones is 1. The summed E-state index contributed by atoms with van der Waals surface area (Å²) in [7, 11) is 0. The molecule has 1 aliphatic carbocycles. The number of hydrogen-bond acceptors (Lipinski definition) is 3. The number of carboxylic acid groups (broad SMARTS) is 1. The summed E-state index contributed by atoms with van der Waals surface area (Å²) in [5.74, 6) is -0.596. The van der Waals surface area contributed by atoms with Gasteiger partial charge in [0.2, 0.25) is 5.91 Å². The number of fused-ring (bicyclic) bond motifs is 1. The maximum atomic E-state index is 12.4. The number of Topliss-reactive ketones (excluding diaryl/α,β-unsaturated/α-hetero) is 1. The second-order valence-electron chi connectivity index (χ2n) is 5.82. The summed E-state index contributed by atoms with van der Waals surface area (Å²) in [6.45, 7) is -0.200. The standard InChI is InChI=1S/C16H18N2O4/c19-11-8-14(18(9-11)16(21)22)15(20)17-13-7-3-5-10-4-1-2-6-12(10)13/h1-2,4,6,13-14H,3,5,7-9H2,(H,17,20)(H,21,22)/t13-,14?/m1/s1. The Bertz CT molecular complexity index is 628. The molecular weight excluding hydrogens is 284 g/mol. The van der Waals surface area contributed by atoms with Gasteiger partial charge < -0.3 is 10.4 Å². The van der Waals surface area contributed by atoms with E-state index in [9.17, 15) is 14.4 Å². The van der Waals surface area contributed by atoms with Crippen molar-refractivity contribution in [3.63, 3.8) is 0 Å². The summed E-state index contributed by atoms with van der Waals surface area (Å²) in [6.07, 6.45) is 1.54. The lowest BCUT2D eigenvalue weighted by atomic mass is 9.87. The van der Waals surface area contributed by atoms with Crippen molar-refractivity contribution in [3.8, 4) is 0 Å². The molecule has 1 aliphatic heterocycles. The molecule has 2 aliphatic rings. The number of aryl methyl sites for hydroxylation is 1. The van der Waals surface area contributed by atoms with Crippen molar-refractivity contribution >= 4 is 17.8 Å². The topological polar surface area (TPSA) is 86.7 Å². The van der Waals surface area contributed by atoms with Crippen molar-refractivity contribution in [1.29, 1.82) is 0 Å². The lowest BCUT2D eigenvalue weighted by molar-refractivity contribution is -0.126. The van der Waals surface area contributed by atoms with Crippen LogP contribution in [-0.2, 0) is 16.0 Å². The Hall–Kier alpha value is -2.37. The molecule has 0 aromatic heterocycles. The van der Waals surface area contributed by atoms with Gasteiger partial charge in [-0.05, 0) is 30.4 Å². The zero-order valence-electron chi connectivity index (χ0n) is 12.1. The van der Waals surface area contributed by atoms with Crippen molar-refractivity contribution < 1.29 is 19.5 Å². The van der Waals surface area contributed by atoms with Gasteiger partial charge in [0.25, 0.3) is 0 Å². The lowest BCUT2D eigenvalue weighted by Gasteiger charge is -2.28. The summed E-state index contributed by atoms with van der Waals surface area (Å²) in [5.41, 5.74) is 2.31. The van der Waals surface area contributed by atoms with Crippen LogP contribution in [0.1, 0.15) is 36.4 Å². The van der Waals surface area contributed by atoms with Gasteiger partial charge in [-0.3, -0.25) is 14.5 Å². The Morgan fingerprint density at radius 3 is 2.82 bits per heavy atom. The molecule has 1 fully saturated rings. The number of likely N-dealkylation sites (tertiary alicyclic amines) is 1. The Labute approximate surface area is 128 Å². The molecule has 3 rings (SSSR count). The summed E-state index contributed by atoms with van der Waals surface area (Å²) in [6, 6.07) is 6.95. The monoisotopic (exact) mass is 302 g/mol. The van der Waals surface area contributed by atoms with E-state index >= 15 is 0 Å². The molecule has 2 amide bonds. The van der Waals surface area contributed by atoms with Gasteiger partial charge in [-0.25, -0.2) is 4.79 Å². The van der Waals surface area contributed by atoms with Gasteiger partial charge in [-0.15, -0.1) is 0 Å². The number of amides is 2. The van der Waals surface area contributed by atoms with Crippen LogP contribution in [0.4, 0.5) is 4.79 Å². The highest BCUT2D eigenvalue weighted by molar-refractivity contribution is 5.97. The van der Waals surface area contributed by atoms with E-state index in [1.54, 1.807) is 0 Å². The minimum Gasteiger partial charge on any atom is -0.465 e. The molecule has 1 aromatic carbocycles. The van der Waals surface area contributed by atoms with Gasteiger partial charge in [0.15, 0.2) is 5.78 Å². The second kappa shape index (κ2) is 5.79. The van der Waals surface area contributed by atoms with E-state index in [0.29, 0.717) is 0 Å². The van der Waals surface area contributed by atoms with Crippen LogP contribution in [0, 0.1) is 0 Å². The molecule has 0 spiro atoms. The fraction of sp³-hybridized carbons (Fsp3) is 0.438. The second-order valence-corrected chi connectivity index (χ2v) is 5.82. The molecule has 2 atom stereocenters. The SMILES string of the molecule is O=C1CC(C(=O)N[C@@H]2CCCc3ccccc32)N(C(=O)O)C1. The van der Waals surface area contributed by atoms with Crippen molar-refractivity contribution in [2.24, 2.45) is 0 Å². The van der Waals surface area contributed by atoms with E-state index in [1.165, 1.54) is 5.56 Å². The van der Waals surface area contributed by atoms with Crippen LogP contribution in [-0.4, -0.2) is 40.4 Å². The highest BCUT2D eigenvalue weighted by atomic mass is 16.4. The smallest absolute Gasteiger partial charge is 0.408 e. The fourth-order valence-corrected chi connectivity index (χ4v) is 3.30. The van der Waals surface area contributed by atoms with Crippen LogP contribution in [0.3, 0.4) is 0 Å². The van der Waals surface area contributed by atoms with Crippen LogP contribution < -0.4 is 5.32 Å². The first kappa shape index (κ1) is 14.6. The van der Waals surface area contributed by atoms with E-state index < -0.39 is 12.1 Å². The Morgan fingerprint density at radius 2 is 2.05 bits per heavy atom. The number of carbonyl (C=O) groups excluding carboxylic acids is 2. The Morgan fingerprint density at radius 1 is 1.27 bits per heavy atom. The van der Waals surface area contributed by atoms with Gasteiger partial charge in [0.05, 0.1) is 12.6 Å². The summed E-state index contributed by atoms with van der Waals surface area (Å²) in [4.78, 5) is 36.0. The van der Waals surface area contributed by atoms with Crippen molar-refractivity contribution in [1.82, 2.24) is 10.2 Å². The largest absolute Gasteiger partial charge is 0.465 e. The quantitative estimate of drug-likeness (QED) is 0.867. The number of nitrogens with zero attached hydrogens (tertiary/aromatic N) is 1.